The molecular formula is C18H22N2OS. The van der Waals surface area contributed by atoms with Gasteiger partial charge in [0.25, 0.3) is 0 Å². The molecule has 2 heterocycles. The Morgan fingerprint density at radius 2 is 2.18 bits per heavy atom. The number of benzene rings is 1. The molecule has 3 nitrogen and oxygen atoms in total. The van der Waals surface area contributed by atoms with Gasteiger partial charge in [0.05, 0.1) is 0 Å². The first-order chi connectivity index (χ1) is 10.7. The monoisotopic (exact) mass is 314 g/mol. The molecular weight excluding hydrogens is 292 g/mol. The van der Waals surface area contributed by atoms with Gasteiger partial charge in [0.2, 0.25) is 5.91 Å². The van der Waals surface area contributed by atoms with E-state index in [1.54, 1.807) is 11.3 Å². The Bertz CT molecular complexity index is 624. The Kier molecular flexibility index (Phi) is 4.78. The first-order valence-electron chi connectivity index (χ1n) is 7.87. The third-order valence-corrected chi connectivity index (χ3v) is 5.16. The van der Waals surface area contributed by atoms with Crippen molar-refractivity contribution in [2.75, 3.05) is 18.0 Å². The largest absolute Gasteiger partial charge is 0.366 e. The van der Waals surface area contributed by atoms with Crippen LogP contribution < -0.4 is 10.2 Å². The highest BCUT2D eigenvalue weighted by molar-refractivity contribution is 7.09. The van der Waals surface area contributed by atoms with E-state index >= 15 is 0 Å². The van der Waals surface area contributed by atoms with Crippen LogP contribution in [0, 0.1) is 0 Å². The van der Waals surface area contributed by atoms with Crippen LogP contribution in [-0.2, 0) is 17.6 Å². The first kappa shape index (κ1) is 15.1. The highest BCUT2D eigenvalue weighted by atomic mass is 32.1. The number of carbonyl (C=O) groups is 1. The maximum atomic E-state index is 12.0. The number of rotatable bonds is 6. The third-order valence-electron chi connectivity index (χ3n) is 4.23. The number of hydrogen-bond acceptors (Lipinski definition) is 3. The highest BCUT2D eigenvalue weighted by Gasteiger charge is 2.22. The van der Waals surface area contributed by atoms with Crippen molar-refractivity contribution in [1.82, 2.24) is 5.32 Å². The molecule has 0 fully saturated rings. The molecule has 22 heavy (non-hydrogen) atoms. The standard InChI is InChI=1S/C18H22N2OS/c1-14(20-11-10-15-5-2-3-7-17(15)20)13-19-18(21)9-8-16-6-4-12-22-16/h2-7,12,14H,8-11,13H2,1H3,(H,19,21). The summed E-state index contributed by atoms with van der Waals surface area (Å²) in [5.41, 5.74) is 2.74. The van der Waals surface area contributed by atoms with Crippen molar-refractivity contribution in [2.24, 2.45) is 0 Å². The van der Waals surface area contributed by atoms with E-state index < -0.39 is 0 Å². The van der Waals surface area contributed by atoms with E-state index in [-0.39, 0.29) is 5.91 Å². The van der Waals surface area contributed by atoms with Crippen LogP contribution in [0.3, 0.4) is 0 Å². The fourth-order valence-corrected chi connectivity index (χ4v) is 3.68. The zero-order valence-corrected chi connectivity index (χ0v) is 13.7. The van der Waals surface area contributed by atoms with E-state index in [0.717, 1.165) is 19.4 Å². The van der Waals surface area contributed by atoms with E-state index in [9.17, 15) is 4.79 Å². The van der Waals surface area contributed by atoms with Gasteiger partial charge in [0.15, 0.2) is 0 Å². The van der Waals surface area contributed by atoms with Crippen molar-refractivity contribution in [3.8, 4) is 0 Å². The Labute approximate surface area is 136 Å². The van der Waals surface area contributed by atoms with Crippen LogP contribution in [0.4, 0.5) is 5.69 Å². The normalized spacial score (nSPS) is 14.7. The summed E-state index contributed by atoms with van der Waals surface area (Å²) in [5.74, 6) is 0.146. The summed E-state index contributed by atoms with van der Waals surface area (Å²) in [6.07, 6.45) is 2.51. The second-order valence-electron chi connectivity index (χ2n) is 5.80. The van der Waals surface area contributed by atoms with Crippen molar-refractivity contribution >= 4 is 22.9 Å². The number of thiophene rings is 1. The number of aryl methyl sites for hydroxylation is 1. The molecule has 0 spiro atoms. The second-order valence-corrected chi connectivity index (χ2v) is 6.84. The van der Waals surface area contributed by atoms with Crippen molar-refractivity contribution in [3.05, 3.63) is 52.2 Å². The van der Waals surface area contributed by atoms with Gasteiger partial charge in [-0.15, -0.1) is 11.3 Å². The fourth-order valence-electron chi connectivity index (χ4n) is 2.97. The molecule has 0 radical (unpaired) electrons. The highest BCUT2D eigenvalue weighted by Crippen LogP contribution is 2.28. The van der Waals surface area contributed by atoms with Gasteiger partial charge in [-0.05, 0) is 42.8 Å². The minimum atomic E-state index is 0.146. The molecule has 1 aliphatic heterocycles. The number of fused-ring (bicyclic) bond motifs is 1. The van der Waals surface area contributed by atoms with Gasteiger partial charge in [-0.3, -0.25) is 4.79 Å². The van der Waals surface area contributed by atoms with Gasteiger partial charge in [-0.2, -0.15) is 0 Å². The van der Waals surface area contributed by atoms with E-state index in [1.165, 1.54) is 16.1 Å². The molecule has 1 amide bonds. The van der Waals surface area contributed by atoms with Gasteiger partial charge in [0, 0.05) is 36.1 Å². The SMILES string of the molecule is CC(CNC(=O)CCc1cccs1)N1CCc2ccccc21. The van der Waals surface area contributed by atoms with Crippen LogP contribution in [0.15, 0.2) is 41.8 Å². The lowest BCUT2D eigenvalue weighted by Crippen LogP contribution is -2.41. The Morgan fingerprint density at radius 1 is 1.32 bits per heavy atom. The predicted octanol–water partition coefficient (Wildman–Crippen LogP) is 3.25. The van der Waals surface area contributed by atoms with Gasteiger partial charge < -0.3 is 10.2 Å². The van der Waals surface area contributed by atoms with Crippen LogP contribution in [0.5, 0.6) is 0 Å². The molecule has 1 aromatic heterocycles. The summed E-state index contributed by atoms with van der Waals surface area (Å²) in [5, 5.41) is 5.13. The number of anilines is 1. The van der Waals surface area contributed by atoms with Gasteiger partial charge in [0.1, 0.15) is 0 Å². The number of amides is 1. The lowest BCUT2D eigenvalue weighted by Gasteiger charge is -2.27. The summed E-state index contributed by atoms with van der Waals surface area (Å²) >= 11 is 1.71. The van der Waals surface area contributed by atoms with Crippen molar-refractivity contribution in [1.29, 1.82) is 0 Å². The van der Waals surface area contributed by atoms with E-state index in [1.807, 2.05) is 6.07 Å². The second kappa shape index (κ2) is 6.97. The summed E-state index contributed by atoms with van der Waals surface area (Å²) < 4.78 is 0. The molecule has 116 valence electrons. The maximum absolute atomic E-state index is 12.0. The Balaban J connectivity index is 1.46. The molecule has 0 saturated heterocycles. The number of para-hydroxylation sites is 1. The predicted molar refractivity (Wildman–Crippen MR) is 92.6 cm³/mol. The molecule has 1 N–H and O–H groups in total. The number of hydrogen-bond donors (Lipinski definition) is 1. The minimum absolute atomic E-state index is 0.146. The topological polar surface area (TPSA) is 32.3 Å². The van der Waals surface area contributed by atoms with Crippen LogP contribution in [0.25, 0.3) is 0 Å². The van der Waals surface area contributed by atoms with Crippen molar-refractivity contribution in [3.63, 3.8) is 0 Å². The maximum Gasteiger partial charge on any atom is 0.220 e. The zero-order chi connectivity index (χ0) is 15.4. The molecule has 4 heteroatoms. The summed E-state index contributed by atoms with van der Waals surface area (Å²) in [6.45, 7) is 3.94. The zero-order valence-electron chi connectivity index (χ0n) is 12.9. The molecule has 3 rings (SSSR count). The molecule has 2 aromatic rings. The number of nitrogens with zero attached hydrogens (tertiary/aromatic N) is 1. The molecule has 1 unspecified atom stereocenters. The summed E-state index contributed by atoms with van der Waals surface area (Å²) in [7, 11) is 0. The Hall–Kier alpha value is -1.81. The average Bonchev–Trinajstić information content (AvgIpc) is 3.19. The van der Waals surface area contributed by atoms with Crippen LogP contribution in [0.2, 0.25) is 0 Å². The van der Waals surface area contributed by atoms with Gasteiger partial charge in [-0.1, -0.05) is 24.3 Å². The third kappa shape index (κ3) is 3.50. The van der Waals surface area contributed by atoms with Crippen molar-refractivity contribution in [2.45, 2.75) is 32.2 Å². The average molecular weight is 314 g/mol. The minimum Gasteiger partial charge on any atom is -0.366 e. The molecule has 1 aliphatic rings. The molecule has 1 atom stereocenters. The summed E-state index contributed by atoms with van der Waals surface area (Å²) in [6, 6.07) is 13.0. The van der Waals surface area contributed by atoms with E-state index in [2.05, 4.69) is 52.9 Å². The quantitative estimate of drug-likeness (QED) is 0.888. The van der Waals surface area contributed by atoms with Gasteiger partial charge >= 0.3 is 0 Å². The molecule has 1 aromatic carbocycles. The number of nitrogens with one attached hydrogen (secondary N) is 1. The number of carbonyl (C=O) groups excluding carboxylic acids is 1. The van der Waals surface area contributed by atoms with Crippen molar-refractivity contribution < 1.29 is 4.79 Å². The van der Waals surface area contributed by atoms with Gasteiger partial charge in [-0.25, -0.2) is 0 Å². The van der Waals surface area contributed by atoms with E-state index in [0.29, 0.717) is 19.0 Å². The van der Waals surface area contributed by atoms with E-state index in [4.69, 9.17) is 0 Å². The molecule has 0 aliphatic carbocycles. The fraction of sp³-hybridized carbons (Fsp3) is 0.389. The van der Waals surface area contributed by atoms with Crippen LogP contribution in [-0.4, -0.2) is 25.0 Å². The lowest BCUT2D eigenvalue weighted by atomic mass is 10.2. The molecule has 0 bridgehead atoms. The first-order valence-corrected chi connectivity index (χ1v) is 8.75. The van der Waals surface area contributed by atoms with Crippen LogP contribution in [0.1, 0.15) is 23.8 Å². The molecule has 0 saturated carbocycles. The smallest absolute Gasteiger partial charge is 0.220 e. The Morgan fingerprint density at radius 3 is 3.00 bits per heavy atom. The van der Waals surface area contributed by atoms with Crippen LogP contribution >= 0.6 is 11.3 Å². The summed E-state index contributed by atoms with van der Waals surface area (Å²) in [4.78, 5) is 15.7. The lowest BCUT2D eigenvalue weighted by molar-refractivity contribution is -0.121.